The second-order valence-electron chi connectivity index (χ2n) is 4.54. The SMILES string of the molecule is CCOc1ccc(Br)cc1C(NC)c1cc(F)cc(Br)c1. The molecule has 0 aromatic heterocycles. The van der Waals surface area contributed by atoms with Crippen molar-refractivity contribution < 1.29 is 9.13 Å². The van der Waals surface area contributed by atoms with Gasteiger partial charge in [-0.2, -0.15) is 0 Å². The number of halogens is 3. The predicted molar refractivity (Wildman–Crippen MR) is 90.3 cm³/mol. The van der Waals surface area contributed by atoms with E-state index in [1.54, 1.807) is 0 Å². The molecule has 0 aliphatic carbocycles. The lowest BCUT2D eigenvalue weighted by Crippen LogP contribution is -2.19. The number of hydrogen-bond acceptors (Lipinski definition) is 2. The maximum Gasteiger partial charge on any atom is 0.124 e. The van der Waals surface area contributed by atoms with E-state index in [1.165, 1.54) is 12.1 Å². The van der Waals surface area contributed by atoms with E-state index in [0.29, 0.717) is 11.1 Å². The Kier molecular flexibility index (Phi) is 5.79. The largest absolute Gasteiger partial charge is 0.494 e. The fraction of sp³-hybridized carbons (Fsp3) is 0.250. The van der Waals surface area contributed by atoms with Crippen LogP contribution in [-0.4, -0.2) is 13.7 Å². The Morgan fingerprint density at radius 2 is 1.90 bits per heavy atom. The minimum atomic E-state index is -0.271. The molecule has 1 atom stereocenters. The van der Waals surface area contributed by atoms with Gasteiger partial charge in [-0.3, -0.25) is 0 Å². The lowest BCUT2D eigenvalue weighted by molar-refractivity contribution is 0.334. The first-order valence-corrected chi connectivity index (χ1v) is 8.19. The first kappa shape index (κ1) is 16.5. The number of rotatable bonds is 5. The van der Waals surface area contributed by atoms with E-state index in [2.05, 4.69) is 37.2 Å². The summed E-state index contributed by atoms with van der Waals surface area (Å²) < 4.78 is 21.0. The van der Waals surface area contributed by atoms with Crippen molar-refractivity contribution in [3.05, 3.63) is 62.3 Å². The van der Waals surface area contributed by atoms with Crippen LogP contribution in [0.3, 0.4) is 0 Å². The van der Waals surface area contributed by atoms with Crippen molar-refractivity contribution in [2.45, 2.75) is 13.0 Å². The molecule has 0 heterocycles. The van der Waals surface area contributed by atoms with Gasteiger partial charge in [-0.1, -0.05) is 31.9 Å². The maximum absolute atomic E-state index is 13.7. The van der Waals surface area contributed by atoms with Gasteiger partial charge in [-0.15, -0.1) is 0 Å². The Balaban J connectivity index is 2.52. The molecule has 1 unspecified atom stereocenters. The van der Waals surface area contributed by atoms with E-state index in [-0.39, 0.29) is 11.9 Å². The van der Waals surface area contributed by atoms with E-state index < -0.39 is 0 Å². The maximum atomic E-state index is 13.7. The molecule has 2 nitrogen and oxygen atoms in total. The van der Waals surface area contributed by atoms with Gasteiger partial charge in [0.15, 0.2) is 0 Å². The Morgan fingerprint density at radius 1 is 1.14 bits per heavy atom. The molecule has 21 heavy (non-hydrogen) atoms. The summed E-state index contributed by atoms with van der Waals surface area (Å²) >= 11 is 6.82. The number of hydrogen-bond donors (Lipinski definition) is 1. The molecule has 0 saturated heterocycles. The lowest BCUT2D eigenvalue weighted by atomic mass is 9.98. The highest BCUT2D eigenvalue weighted by molar-refractivity contribution is 9.10. The third kappa shape index (κ3) is 4.05. The topological polar surface area (TPSA) is 21.3 Å². The number of nitrogens with one attached hydrogen (secondary N) is 1. The van der Waals surface area contributed by atoms with Gasteiger partial charge < -0.3 is 10.1 Å². The first-order valence-electron chi connectivity index (χ1n) is 6.60. The van der Waals surface area contributed by atoms with Gasteiger partial charge >= 0.3 is 0 Å². The summed E-state index contributed by atoms with van der Waals surface area (Å²) in [6, 6.07) is 10.6. The quantitative estimate of drug-likeness (QED) is 0.735. The number of ether oxygens (including phenoxy) is 1. The van der Waals surface area contributed by atoms with Crippen molar-refractivity contribution in [1.29, 1.82) is 0 Å². The molecule has 5 heteroatoms. The Hall–Kier alpha value is -0.910. The molecule has 0 amide bonds. The molecule has 0 bridgehead atoms. The van der Waals surface area contributed by atoms with Crippen LogP contribution in [0.2, 0.25) is 0 Å². The average molecular weight is 417 g/mol. The van der Waals surface area contributed by atoms with Crippen LogP contribution in [0, 0.1) is 5.82 Å². The summed E-state index contributed by atoms with van der Waals surface area (Å²) in [5.74, 6) is 0.521. The van der Waals surface area contributed by atoms with Crippen LogP contribution in [0.25, 0.3) is 0 Å². The van der Waals surface area contributed by atoms with Crippen LogP contribution in [0.1, 0.15) is 24.1 Å². The number of benzene rings is 2. The predicted octanol–water partition coefficient (Wildman–Crippen LogP) is 5.06. The third-order valence-electron chi connectivity index (χ3n) is 3.09. The fourth-order valence-corrected chi connectivity index (χ4v) is 3.14. The van der Waals surface area contributed by atoms with Crippen LogP contribution in [0.4, 0.5) is 4.39 Å². The molecular formula is C16H16Br2FNO. The zero-order valence-electron chi connectivity index (χ0n) is 11.8. The molecule has 2 rings (SSSR count). The molecule has 2 aromatic carbocycles. The van der Waals surface area contributed by atoms with Crippen molar-refractivity contribution in [2.24, 2.45) is 0 Å². The lowest BCUT2D eigenvalue weighted by Gasteiger charge is -2.21. The van der Waals surface area contributed by atoms with E-state index in [4.69, 9.17) is 4.74 Å². The third-order valence-corrected chi connectivity index (χ3v) is 4.04. The summed E-state index contributed by atoms with van der Waals surface area (Å²) in [5.41, 5.74) is 1.80. The van der Waals surface area contributed by atoms with Gasteiger partial charge in [0.25, 0.3) is 0 Å². The zero-order valence-corrected chi connectivity index (χ0v) is 15.0. The highest BCUT2D eigenvalue weighted by Crippen LogP contribution is 2.33. The van der Waals surface area contributed by atoms with Crippen molar-refractivity contribution >= 4 is 31.9 Å². The molecule has 0 spiro atoms. The van der Waals surface area contributed by atoms with Crippen LogP contribution in [0.5, 0.6) is 5.75 Å². The Morgan fingerprint density at radius 3 is 2.52 bits per heavy atom. The average Bonchev–Trinajstić information content (AvgIpc) is 2.41. The molecule has 2 aromatic rings. The summed E-state index contributed by atoms with van der Waals surface area (Å²) in [4.78, 5) is 0. The fourth-order valence-electron chi connectivity index (χ4n) is 2.28. The van der Waals surface area contributed by atoms with Crippen molar-refractivity contribution in [3.8, 4) is 5.75 Å². The van der Waals surface area contributed by atoms with E-state index in [9.17, 15) is 4.39 Å². The molecule has 0 aliphatic rings. The zero-order chi connectivity index (χ0) is 15.4. The normalized spacial score (nSPS) is 12.2. The summed E-state index contributed by atoms with van der Waals surface area (Å²) in [6.45, 7) is 2.52. The van der Waals surface area contributed by atoms with Gasteiger partial charge in [0.05, 0.1) is 12.6 Å². The van der Waals surface area contributed by atoms with Crippen LogP contribution in [-0.2, 0) is 0 Å². The van der Waals surface area contributed by atoms with Gasteiger partial charge in [0, 0.05) is 14.5 Å². The minimum Gasteiger partial charge on any atom is -0.494 e. The second-order valence-corrected chi connectivity index (χ2v) is 6.37. The highest BCUT2D eigenvalue weighted by Gasteiger charge is 2.18. The first-order chi connectivity index (χ1) is 10.0. The van der Waals surface area contributed by atoms with E-state index >= 15 is 0 Å². The molecule has 0 radical (unpaired) electrons. The Bertz CT molecular complexity index is 613. The smallest absolute Gasteiger partial charge is 0.124 e. The molecule has 0 saturated carbocycles. The van der Waals surface area contributed by atoms with Crippen molar-refractivity contribution in [1.82, 2.24) is 5.32 Å². The van der Waals surface area contributed by atoms with Gasteiger partial charge in [0.1, 0.15) is 11.6 Å². The van der Waals surface area contributed by atoms with E-state index in [0.717, 1.165) is 21.3 Å². The summed E-state index contributed by atoms with van der Waals surface area (Å²) in [5, 5.41) is 3.23. The molecule has 0 fully saturated rings. The summed E-state index contributed by atoms with van der Waals surface area (Å²) in [6.07, 6.45) is 0. The van der Waals surface area contributed by atoms with Crippen molar-refractivity contribution in [2.75, 3.05) is 13.7 Å². The van der Waals surface area contributed by atoms with Crippen LogP contribution >= 0.6 is 31.9 Å². The van der Waals surface area contributed by atoms with E-state index in [1.807, 2.05) is 38.2 Å². The monoisotopic (exact) mass is 415 g/mol. The van der Waals surface area contributed by atoms with Crippen LogP contribution < -0.4 is 10.1 Å². The standard InChI is InChI=1S/C16H16Br2FNO/c1-3-21-15-5-4-11(17)9-14(15)16(20-2)10-6-12(18)8-13(19)7-10/h4-9,16,20H,3H2,1-2H3. The van der Waals surface area contributed by atoms with Crippen molar-refractivity contribution in [3.63, 3.8) is 0 Å². The highest BCUT2D eigenvalue weighted by atomic mass is 79.9. The molecular weight excluding hydrogens is 401 g/mol. The molecule has 1 N–H and O–H groups in total. The van der Waals surface area contributed by atoms with Gasteiger partial charge in [-0.25, -0.2) is 4.39 Å². The molecule has 0 aliphatic heterocycles. The summed E-state index contributed by atoms with van der Waals surface area (Å²) in [7, 11) is 1.85. The Labute approximate surface area is 141 Å². The van der Waals surface area contributed by atoms with Gasteiger partial charge in [0.2, 0.25) is 0 Å². The van der Waals surface area contributed by atoms with Crippen LogP contribution in [0.15, 0.2) is 45.3 Å². The molecule has 112 valence electrons. The minimum absolute atomic E-state index is 0.156. The second kappa shape index (κ2) is 7.38. The van der Waals surface area contributed by atoms with Gasteiger partial charge in [-0.05, 0) is 55.9 Å².